The molecule has 10 heteroatoms. The molecule has 0 atom stereocenters. The predicted octanol–water partition coefficient (Wildman–Crippen LogP) is 4.40. The standard InChI is InChI=1S/C14H30.2H2O4S/c1-3-5-7-9-11-13-14-12-10-8-6-4-2;2*1-5(2,3)4/h3-14H2,1-2H3;2*(H2,1,2,3,4). The monoisotopic (exact) mass is 394 g/mol. The first-order chi connectivity index (χ1) is 10.9. The Morgan fingerprint density at radius 1 is 0.458 bits per heavy atom. The highest BCUT2D eigenvalue weighted by molar-refractivity contribution is 7.80. The molecule has 0 radical (unpaired) electrons. The number of hydrogen-bond donors (Lipinski definition) is 4. The predicted molar refractivity (Wildman–Crippen MR) is 95.1 cm³/mol. The Labute approximate surface area is 147 Å². The molecule has 8 nitrogen and oxygen atoms in total. The summed E-state index contributed by atoms with van der Waals surface area (Å²) in [5, 5.41) is 0. The van der Waals surface area contributed by atoms with E-state index in [2.05, 4.69) is 13.8 Å². The Morgan fingerprint density at radius 2 is 0.583 bits per heavy atom. The molecule has 0 heterocycles. The van der Waals surface area contributed by atoms with Crippen molar-refractivity contribution >= 4 is 20.8 Å². The van der Waals surface area contributed by atoms with Crippen LogP contribution in [0.4, 0.5) is 0 Å². The summed E-state index contributed by atoms with van der Waals surface area (Å²) in [5.41, 5.74) is 0. The normalized spacial score (nSPS) is 11.1. The highest BCUT2D eigenvalue weighted by Gasteiger charge is 1.91. The summed E-state index contributed by atoms with van der Waals surface area (Å²) in [6.07, 6.45) is 17.4. The van der Waals surface area contributed by atoms with Crippen molar-refractivity contribution in [2.24, 2.45) is 0 Å². The minimum atomic E-state index is -4.67. The lowest BCUT2D eigenvalue weighted by Gasteiger charge is -2.01. The van der Waals surface area contributed by atoms with Crippen LogP contribution in [0.25, 0.3) is 0 Å². The van der Waals surface area contributed by atoms with Crippen LogP contribution < -0.4 is 0 Å². The summed E-state index contributed by atoms with van der Waals surface area (Å²) < 4.78 is 63.2. The van der Waals surface area contributed by atoms with Crippen LogP contribution in [-0.4, -0.2) is 35.0 Å². The summed E-state index contributed by atoms with van der Waals surface area (Å²) >= 11 is 0. The number of hydrogen-bond acceptors (Lipinski definition) is 4. The van der Waals surface area contributed by atoms with Crippen LogP contribution in [-0.2, 0) is 20.8 Å². The molecule has 0 aromatic rings. The molecule has 0 unspecified atom stereocenters. The summed E-state index contributed by atoms with van der Waals surface area (Å²) in [6.45, 7) is 4.57. The Bertz CT molecular complexity index is 374. The quantitative estimate of drug-likeness (QED) is 0.297. The van der Waals surface area contributed by atoms with Gasteiger partial charge in [0.25, 0.3) is 0 Å². The van der Waals surface area contributed by atoms with Crippen LogP contribution in [0, 0.1) is 0 Å². The average Bonchev–Trinajstić information content (AvgIpc) is 2.37. The summed E-state index contributed by atoms with van der Waals surface area (Å²) in [4.78, 5) is 0. The molecular formula is C14H34O8S2. The SMILES string of the molecule is CCCCCCCCCCCCCC.O=S(=O)(O)O.O=S(=O)(O)O. The van der Waals surface area contributed by atoms with Gasteiger partial charge in [-0.2, -0.15) is 16.8 Å². The first-order valence-corrected chi connectivity index (χ1v) is 11.1. The molecule has 0 bridgehead atoms. The maximum atomic E-state index is 8.74. The van der Waals surface area contributed by atoms with Gasteiger partial charge in [0.2, 0.25) is 0 Å². The largest absolute Gasteiger partial charge is 0.394 e. The van der Waals surface area contributed by atoms with Crippen molar-refractivity contribution in [1.82, 2.24) is 0 Å². The van der Waals surface area contributed by atoms with E-state index >= 15 is 0 Å². The molecule has 150 valence electrons. The zero-order chi connectivity index (χ0) is 19.5. The fourth-order valence-corrected chi connectivity index (χ4v) is 1.91. The molecule has 0 aliphatic heterocycles. The summed E-state index contributed by atoms with van der Waals surface area (Å²) in [5.74, 6) is 0. The molecule has 0 aliphatic carbocycles. The lowest BCUT2D eigenvalue weighted by atomic mass is 10.1. The molecule has 24 heavy (non-hydrogen) atoms. The third-order valence-electron chi connectivity index (χ3n) is 2.96. The lowest BCUT2D eigenvalue weighted by molar-refractivity contribution is 0.378. The van der Waals surface area contributed by atoms with Gasteiger partial charge in [-0.25, -0.2) is 0 Å². The minimum absolute atomic E-state index is 1.37. The van der Waals surface area contributed by atoms with Gasteiger partial charge in [0.05, 0.1) is 0 Å². The van der Waals surface area contributed by atoms with E-state index in [0.717, 1.165) is 0 Å². The van der Waals surface area contributed by atoms with Crippen LogP contribution >= 0.6 is 0 Å². The van der Waals surface area contributed by atoms with Crippen molar-refractivity contribution in [3.8, 4) is 0 Å². The summed E-state index contributed by atoms with van der Waals surface area (Å²) in [7, 11) is -9.33. The van der Waals surface area contributed by atoms with Crippen molar-refractivity contribution in [2.75, 3.05) is 0 Å². The van der Waals surface area contributed by atoms with Crippen molar-refractivity contribution in [2.45, 2.75) is 90.9 Å². The van der Waals surface area contributed by atoms with Crippen LogP contribution in [0.1, 0.15) is 90.9 Å². The Balaban J connectivity index is -0.000000361. The van der Waals surface area contributed by atoms with Crippen molar-refractivity contribution in [3.05, 3.63) is 0 Å². The fourth-order valence-electron chi connectivity index (χ4n) is 1.91. The molecule has 0 aliphatic rings. The van der Waals surface area contributed by atoms with Crippen LogP contribution in [0.5, 0.6) is 0 Å². The number of rotatable bonds is 11. The van der Waals surface area contributed by atoms with Crippen molar-refractivity contribution in [1.29, 1.82) is 0 Å². The van der Waals surface area contributed by atoms with Gasteiger partial charge in [-0.05, 0) is 0 Å². The average molecular weight is 395 g/mol. The highest BCUT2D eigenvalue weighted by Crippen LogP contribution is 2.11. The smallest absolute Gasteiger partial charge is 0.264 e. The second kappa shape index (κ2) is 19.1. The van der Waals surface area contributed by atoms with Gasteiger partial charge in [0.15, 0.2) is 0 Å². The Morgan fingerprint density at radius 3 is 0.708 bits per heavy atom. The van der Waals surface area contributed by atoms with E-state index in [1.54, 1.807) is 0 Å². The molecule has 4 N–H and O–H groups in total. The van der Waals surface area contributed by atoms with Gasteiger partial charge in [-0.3, -0.25) is 18.2 Å². The third-order valence-corrected chi connectivity index (χ3v) is 2.96. The third kappa shape index (κ3) is 81.1. The minimum Gasteiger partial charge on any atom is -0.264 e. The Hall–Kier alpha value is -0.260. The fraction of sp³-hybridized carbons (Fsp3) is 1.00. The van der Waals surface area contributed by atoms with Gasteiger partial charge in [0.1, 0.15) is 0 Å². The molecule has 0 rings (SSSR count). The first kappa shape index (κ1) is 28.5. The second-order valence-electron chi connectivity index (χ2n) is 5.43. The number of unbranched alkanes of at least 4 members (excludes halogenated alkanes) is 11. The molecule has 0 fully saturated rings. The molecule has 0 saturated carbocycles. The highest BCUT2D eigenvalue weighted by atomic mass is 32.3. The van der Waals surface area contributed by atoms with Crippen molar-refractivity contribution < 1.29 is 35.0 Å². The topological polar surface area (TPSA) is 149 Å². The van der Waals surface area contributed by atoms with E-state index in [1.807, 2.05) is 0 Å². The van der Waals surface area contributed by atoms with Crippen molar-refractivity contribution in [3.63, 3.8) is 0 Å². The van der Waals surface area contributed by atoms with Crippen LogP contribution in [0.2, 0.25) is 0 Å². The van der Waals surface area contributed by atoms with E-state index in [9.17, 15) is 0 Å². The van der Waals surface area contributed by atoms with Crippen LogP contribution in [0.3, 0.4) is 0 Å². The Kier molecular flexibility index (Phi) is 22.7. The molecule has 0 saturated heterocycles. The maximum absolute atomic E-state index is 8.74. The van der Waals surface area contributed by atoms with E-state index in [-0.39, 0.29) is 0 Å². The first-order valence-electron chi connectivity index (χ1n) is 8.31. The molecule has 0 amide bonds. The zero-order valence-corrected chi connectivity index (χ0v) is 16.4. The zero-order valence-electron chi connectivity index (χ0n) is 14.7. The lowest BCUT2D eigenvalue weighted by Crippen LogP contribution is -1.89. The van der Waals surface area contributed by atoms with Gasteiger partial charge in [-0.15, -0.1) is 0 Å². The molecule has 0 aromatic heterocycles. The second-order valence-corrected chi connectivity index (χ2v) is 7.22. The van der Waals surface area contributed by atoms with Crippen LogP contribution in [0.15, 0.2) is 0 Å². The van der Waals surface area contributed by atoms with E-state index in [0.29, 0.717) is 0 Å². The van der Waals surface area contributed by atoms with E-state index in [4.69, 9.17) is 35.0 Å². The molecular weight excluding hydrogens is 360 g/mol. The maximum Gasteiger partial charge on any atom is 0.394 e. The molecule has 0 aromatic carbocycles. The van der Waals surface area contributed by atoms with Gasteiger partial charge in [0, 0.05) is 0 Å². The van der Waals surface area contributed by atoms with E-state index < -0.39 is 20.8 Å². The molecule has 0 spiro atoms. The van der Waals surface area contributed by atoms with Gasteiger partial charge in [-0.1, -0.05) is 90.9 Å². The van der Waals surface area contributed by atoms with Gasteiger partial charge >= 0.3 is 20.8 Å². The van der Waals surface area contributed by atoms with E-state index in [1.165, 1.54) is 77.0 Å². The summed E-state index contributed by atoms with van der Waals surface area (Å²) in [6, 6.07) is 0. The van der Waals surface area contributed by atoms with Gasteiger partial charge < -0.3 is 0 Å².